The number of aliphatic carboxylic acids is 1. The van der Waals surface area contributed by atoms with E-state index in [2.05, 4.69) is 0 Å². The highest BCUT2D eigenvalue weighted by atomic mass is 31.2. The van der Waals surface area contributed by atoms with Gasteiger partial charge in [-0.3, -0.25) is 0 Å². The van der Waals surface area contributed by atoms with Crippen LogP contribution in [0.5, 0.6) is 5.75 Å². The van der Waals surface area contributed by atoms with Crippen LogP contribution in [0, 0.1) is 0 Å². The van der Waals surface area contributed by atoms with Crippen molar-refractivity contribution in [3.63, 3.8) is 0 Å². The van der Waals surface area contributed by atoms with Crippen LogP contribution in [0.3, 0.4) is 0 Å². The molecule has 0 spiro atoms. The normalized spacial score (nSPS) is 15.0. The van der Waals surface area contributed by atoms with Gasteiger partial charge in [0.25, 0.3) is 7.94 Å². The molecular formula is C12H14NO7P-2. The van der Waals surface area contributed by atoms with Gasteiger partial charge in [-0.15, -0.1) is 0 Å². The maximum atomic E-state index is 12.3. The second kappa shape index (κ2) is 7.33. The minimum Gasteiger partial charge on any atom is -0.624 e. The molecule has 1 aromatic carbocycles. The van der Waals surface area contributed by atoms with Crippen molar-refractivity contribution >= 4 is 19.9 Å². The van der Waals surface area contributed by atoms with Gasteiger partial charge in [-0.2, -0.15) is 0 Å². The first-order valence-electron chi connectivity index (χ1n) is 5.89. The molecule has 0 saturated heterocycles. The predicted octanol–water partition coefficient (Wildman–Crippen LogP) is -2.33. The number of aromatic carboxylic acids is 1. The highest BCUT2D eigenvalue weighted by Gasteiger charge is 2.30. The molecule has 0 fully saturated rings. The highest BCUT2D eigenvalue weighted by molar-refractivity contribution is 7.59. The number of benzene rings is 1. The molecule has 116 valence electrons. The molecule has 8 nitrogen and oxygen atoms in total. The molecule has 0 aromatic heterocycles. The maximum absolute atomic E-state index is 12.3. The summed E-state index contributed by atoms with van der Waals surface area (Å²) < 4.78 is 9.95. The quantitative estimate of drug-likeness (QED) is 0.525. The molecule has 2 unspecified atom stereocenters. The molecule has 0 amide bonds. The Hall–Kier alpha value is -1.73. The Labute approximate surface area is 121 Å². The smallest absolute Gasteiger partial charge is 0.284 e. The lowest BCUT2D eigenvalue weighted by molar-refractivity contribution is -0.307. The number of carboxylic acid groups (broad SMARTS) is 2. The van der Waals surface area contributed by atoms with Gasteiger partial charge in [-0.1, -0.05) is 0 Å². The van der Waals surface area contributed by atoms with Gasteiger partial charge in [0.05, 0.1) is 19.0 Å². The first-order chi connectivity index (χ1) is 9.77. The molecule has 0 heterocycles. The van der Waals surface area contributed by atoms with Crippen molar-refractivity contribution in [2.24, 2.45) is 5.73 Å². The van der Waals surface area contributed by atoms with Crippen molar-refractivity contribution in [1.82, 2.24) is 0 Å². The number of carboxylic acids is 2. The summed E-state index contributed by atoms with van der Waals surface area (Å²) in [5.74, 6) is -2.69. The van der Waals surface area contributed by atoms with Gasteiger partial charge in [0.1, 0.15) is 6.16 Å². The minimum absolute atomic E-state index is 0.0615. The van der Waals surface area contributed by atoms with Crippen molar-refractivity contribution in [3.05, 3.63) is 29.8 Å². The van der Waals surface area contributed by atoms with E-state index >= 15 is 0 Å². The lowest BCUT2D eigenvalue weighted by Gasteiger charge is -2.27. The Morgan fingerprint density at radius 1 is 1.29 bits per heavy atom. The lowest BCUT2D eigenvalue weighted by atomic mass is 10.2. The average molecular weight is 315 g/mol. The molecule has 9 heteroatoms. The molecular weight excluding hydrogens is 301 g/mol. The van der Waals surface area contributed by atoms with Crippen molar-refractivity contribution in [3.8, 4) is 5.75 Å². The number of rotatable bonds is 8. The van der Waals surface area contributed by atoms with Crippen LogP contribution < -0.4 is 25.4 Å². The number of hydrogen-bond acceptors (Lipinski definition) is 8. The van der Waals surface area contributed by atoms with E-state index in [4.69, 9.17) is 14.8 Å². The third-order valence-electron chi connectivity index (χ3n) is 2.63. The molecule has 21 heavy (non-hydrogen) atoms. The van der Waals surface area contributed by atoms with Crippen molar-refractivity contribution in [2.75, 3.05) is 13.3 Å². The second-order valence-corrected chi connectivity index (χ2v) is 6.35. The van der Waals surface area contributed by atoms with E-state index in [9.17, 15) is 24.7 Å². The number of carbonyl (C=O) groups excluding carboxylic acids is 2. The Kier molecular flexibility index (Phi) is 6.04. The second-order valence-electron chi connectivity index (χ2n) is 4.13. The third-order valence-corrected chi connectivity index (χ3v) is 4.48. The Morgan fingerprint density at radius 3 is 2.29 bits per heavy atom. The van der Waals surface area contributed by atoms with E-state index < -0.39 is 25.9 Å². The van der Waals surface area contributed by atoms with Crippen LogP contribution in [0.1, 0.15) is 16.8 Å². The molecule has 0 radical (unpaired) electrons. The van der Waals surface area contributed by atoms with Crippen LogP contribution in [-0.4, -0.2) is 31.3 Å². The lowest BCUT2D eigenvalue weighted by Crippen LogP contribution is -2.43. The molecule has 0 bridgehead atoms. The van der Waals surface area contributed by atoms with Gasteiger partial charge in [0.15, 0.2) is 5.75 Å². The number of nitrogens with two attached hydrogens (primary N) is 1. The zero-order chi connectivity index (χ0) is 16.0. The van der Waals surface area contributed by atoms with Gasteiger partial charge in [-0.05, 0) is 29.8 Å². The molecule has 0 aliphatic heterocycles. The van der Waals surface area contributed by atoms with Crippen LogP contribution in [0.15, 0.2) is 24.3 Å². The van der Waals surface area contributed by atoms with Crippen LogP contribution >= 0.6 is 7.94 Å². The number of carbonyl (C=O) groups is 2. The van der Waals surface area contributed by atoms with Gasteiger partial charge < -0.3 is 35.0 Å². The Balaban J connectivity index is 2.71. The minimum atomic E-state index is -3.59. The van der Waals surface area contributed by atoms with E-state index in [-0.39, 0.29) is 23.9 Å². The van der Waals surface area contributed by atoms with Crippen LogP contribution in [0.2, 0.25) is 0 Å². The summed E-state index contributed by atoms with van der Waals surface area (Å²) in [5, 5.41) is 21.1. The Bertz CT molecular complexity index is 507. The zero-order valence-corrected chi connectivity index (χ0v) is 12.1. The van der Waals surface area contributed by atoms with E-state index in [0.29, 0.717) is 0 Å². The average Bonchev–Trinajstić information content (AvgIpc) is 2.45. The summed E-state index contributed by atoms with van der Waals surface area (Å²) >= 11 is 0. The molecule has 0 aliphatic rings. The van der Waals surface area contributed by atoms with Gasteiger partial charge in [0, 0.05) is 12.5 Å². The van der Waals surface area contributed by atoms with E-state index in [1.54, 1.807) is 0 Å². The first kappa shape index (κ1) is 17.3. The standard InChI is InChI=1S/C12H16NO7P/c1-19-21(18,7-6-10(13)12(16)17)20-9-4-2-8(3-5-9)11(14)15/h2-5,10H,6-7,13H2,1H3,(H,14,15)(H,16,17)/p-2. The summed E-state index contributed by atoms with van der Waals surface area (Å²) in [6, 6.07) is 3.73. The fraction of sp³-hybridized carbons (Fsp3) is 0.333. The van der Waals surface area contributed by atoms with Crippen LogP contribution in [-0.2, 0) is 9.32 Å². The highest BCUT2D eigenvalue weighted by Crippen LogP contribution is 2.51. The third kappa shape index (κ3) is 5.28. The fourth-order valence-electron chi connectivity index (χ4n) is 1.40. The summed E-state index contributed by atoms with van der Waals surface area (Å²) in [7, 11) is -2.44. The SMILES string of the molecule is CO[P+]([O-])(CCC(N)C(=O)[O-])Oc1ccc(C(=O)[O-])cc1. The summed E-state index contributed by atoms with van der Waals surface area (Å²) in [5.41, 5.74) is 5.20. The molecule has 0 aliphatic carbocycles. The first-order valence-corrected chi connectivity index (χ1v) is 7.62. The van der Waals surface area contributed by atoms with Crippen molar-refractivity contribution < 1.29 is 33.7 Å². The maximum Gasteiger partial charge on any atom is 0.284 e. The molecule has 1 aromatic rings. The van der Waals surface area contributed by atoms with Crippen molar-refractivity contribution in [1.29, 1.82) is 0 Å². The van der Waals surface area contributed by atoms with Crippen molar-refractivity contribution in [2.45, 2.75) is 12.5 Å². The fourth-order valence-corrected chi connectivity index (χ4v) is 2.79. The van der Waals surface area contributed by atoms with Crippen LogP contribution in [0.25, 0.3) is 0 Å². The monoisotopic (exact) mass is 315 g/mol. The van der Waals surface area contributed by atoms with Gasteiger partial charge in [-0.25, -0.2) is 4.52 Å². The number of hydrogen-bond donors (Lipinski definition) is 1. The van der Waals surface area contributed by atoms with Gasteiger partial charge >= 0.3 is 0 Å². The van der Waals surface area contributed by atoms with E-state index in [0.717, 1.165) is 7.11 Å². The molecule has 2 N–H and O–H groups in total. The summed E-state index contributed by atoms with van der Waals surface area (Å²) in [6.07, 6.45) is -0.370. The molecule has 0 saturated carbocycles. The molecule has 1 rings (SSSR count). The summed E-state index contributed by atoms with van der Waals surface area (Å²) in [6.45, 7) is 0. The van der Waals surface area contributed by atoms with E-state index in [1.807, 2.05) is 0 Å². The topological polar surface area (TPSA) is 148 Å². The van der Waals surface area contributed by atoms with Crippen LogP contribution in [0.4, 0.5) is 0 Å². The molecule has 2 atom stereocenters. The largest absolute Gasteiger partial charge is 0.624 e. The Morgan fingerprint density at radius 2 is 1.86 bits per heavy atom. The van der Waals surface area contributed by atoms with Gasteiger partial charge in [0.2, 0.25) is 0 Å². The predicted molar refractivity (Wildman–Crippen MR) is 67.8 cm³/mol. The zero-order valence-electron chi connectivity index (χ0n) is 11.2. The van der Waals surface area contributed by atoms with E-state index in [1.165, 1.54) is 24.3 Å². The summed E-state index contributed by atoms with van der Waals surface area (Å²) in [4.78, 5) is 33.3.